The van der Waals surface area contributed by atoms with E-state index in [1.807, 2.05) is 41.5 Å². The van der Waals surface area contributed by atoms with Crippen molar-refractivity contribution in [1.29, 1.82) is 0 Å². The third-order valence-electron chi connectivity index (χ3n) is 4.55. The second-order valence-electron chi connectivity index (χ2n) is 7.23. The van der Waals surface area contributed by atoms with Crippen LogP contribution in [0.25, 0.3) is 0 Å². The van der Waals surface area contributed by atoms with Gasteiger partial charge in [0.2, 0.25) is 5.91 Å². The van der Waals surface area contributed by atoms with Crippen molar-refractivity contribution in [2.24, 2.45) is 17.3 Å². The molecule has 0 aromatic rings. The average Bonchev–Trinajstić information content (AvgIpc) is 2.71. The number of hydrogen-bond donors (Lipinski definition) is 1. The van der Waals surface area contributed by atoms with Crippen molar-refractivity contribution in [2.45, 2.75) is 108 Å². The Bertz CT molecular complexity index is 419. The van der Waals surface area contributed by atoms with E-state index in [4.69, 9.17) is 0 Å². The Morgan fingerprint density at radius 1 is 0.929 bits per heavy atom. The Hall–Kier alpha value is -1.39. The molecule has 0 heterocycles. The molecule has 168 valence electrons. The molecule has 5 heteroatoms. The number of Topliss-reactive ketones (excluding diaryl/α,β-unsaturated/α-hetero) is 1. The quantitative estimate of drug-likeness (QED) is 0.484. The van der Waals surface area contributed by atoms with E-state index in [2.05, 4.69) is 30.8 Å². The van der Waals surface area contributed by atoms with Gasteiger partial charge >= 0.3 is 5.97 Å². The number of ether oxygens (including phenoxy) is 1. The molecule has 0 spiro atoms. The van der Waals surface area contributed by atoms with Crippen LogP contribution in [0.3, 0.4) is 0 Å². The van der Waals surface area contributed by atoms with Crippen LogP contribution in [-0.4, -0.2) is 30.3 Å². The summed E-state index contributed by atoms with van der Waals surface area (Å²) >= 11 is 0. The van der Waals surface area contributed by atoms with Crippen LogP contribution in [0, 0.1) is 17.3 Å². The summed E-state index contributed by atoms with van der Waals surface area (Å²) < 4.78 is 4.66. The smallest absolute Gasteiger partial charge is 0.376 e. The van der Waals surface area contributed by atoms with Crippen molar-refractivity contribution in [3.63, 3.8) is 0 Å². The van der Waals surface area contributed by atoms with E-state index in [-0.39, 0.29) is 23.8 Å². The summed E-state index contributed by atoms with van der Waals surface area (Å²) in [6.45, 7) is 22.0. The minimum absolute atomic E-state index is 0.0592. The van der Waals surface area contributed by atoms with E-state index in [1.165, 1.54) is 6.92 Å². The Balaban J connectivity index is -0.000000946. The fourth-order valence-electron chi connectivity index (χ4n) is 3.00. The Labute approximate surface area is 174 Å². The monoisotopic (exact) mass is 401 g/mol. The molecule has 0 saturated heterocycles. The Morgan fingerprint density at radius 3 is 1.71 bits per heavy atom. The SMILES string of the molecule is CC.CC.CC.CCOC(=O)C(=O)C(C)NC(=O)C1CCC(C(C)(C)C)CC1. The summed E-state index contributed by atoms with van der Waals surface area (Å²) in [6, 6.07) is -0.827. The highest BCUT2D eigenvalue weighted by molar-refractivity contribution is 6.35. The number of nitrogens with one attached hydrogen (secondary N) is 1. The molecule has 0 aliphatic heterocycles. The van der Waals surface area contributed by atoms with Crippen molar-refractivity contribution in [3.8, 4) is 0 Å². The number of carbonyl (C=O) groups is 3. The van der Waals surface area contributed by atoms with Gasteiger partial charge in [0.1, 0.15) is 0 Å². The number of ketones is 1. The van der Waals surface area contributed by atoms with Crippen molar-refractivity contribution < 1.29 is 19.1 Å². The highest BCUT2D eigenvalue weighted by Gasteiger charge is 2.33. The lowest BCUT2D eigenvalue weighted by molar-refractivity contribution is -0.154. The normalized spacial score (nSPS) is 19.1. The van der Waals surface area contributed by atoms with Gasteiger partial charge in [-0.3, -0.25) is 9.59 Å². The van der Waals surface area contributed by atoms with E-state index in [0.29, 0.717) is 5.92 Å². The molecule has 1 saturated carbocycles. The van der Waals surface area contributed by atoms with Gasteiger partial charge in [-0.2, -0.15) is 0 Å². The number of esters is 1. The highest BCUT2D eigenvalue weighted by Crippen LogP contribution is 2.39. The maximum Gasteiger partial charge on any atom is 0.376 e. The first-order valence-corrected chi connectivity index (χ1v) is 11.2. The van der Waals surface area contributed by atoms with E-state index < -0.39 is 17.8 Å². The van der Waals surface area contributed by atoms with Crippen LogP contribution in [0.15, 0.2) is 0 Å². The lowest BCUT2D eigenvalue weighted by atomic mass is 9.69. The Morgan fingerprint density at radius 2 is 1.36 bits per heavy atom. The first kappa shape index (κ1) is 31.3. The molecule has 28 heavy (non-hydrogen) atoms. The lowest BCUT2D eigenvalue weighted by Gasteiger charge is -2.36. The van der Waals surface area contributed by atoms with Gasteiger partial charge in [-0.05, 0) is 50.9 Å². The van der Waals surface area contributed by atoms with Gasteiger partial charge in [0, 0.05) is 5.92 Å². The Kier molecular flexibility index (Phi) is 19.8. The van der Waals surface area contributed by atoms with Crippen molar-refractivity contribution in [2.75, 3.05) is 6.61 Å². The van der Waals surface area contributed by atoms with E-state index >= 15 is 0 Å². The fraction of sp³-hybridized carbons (Fsp3) is 0.870. The fourth-order valence-corrected chi connectivity index (χ4v) is 3.00. The van der Waals surface area contributed by atoms with Crippen molar-refractivity contribution in [3.05, 3.63) is 0 Å². The molecule has 1 rings (SSSR count). The standard InChI is InChI=1S/C17H29NO4.3C2H6/c1-6-22-16(21)14(19)11(2)18-15(20)12-7-9-13(10-8-12)17(3,4)5;3*1-2/h11-13H,6-10H2,1-5H3,(H,18,20);3*1-2H3. The topological polar surface area (TPSA) is 72.5 Å². The van der Waals surface area contributed by atoms with E-state index in [0.717, 1.165) is 25.7 Å². The van der Waals surface area contributed by atoms with Crippen LogP contribution in [0.5, 0.6) is 0 Å². The lowest BCUT2D eigenvalue weighted by Crippen LogP contribution is -2.45. The summed E-state index contributed by atoms with van der Waals surface area (Å²) in [5, 5.41) is 2.65. The molecule has 0 radical (unpaired) electrons. The molecule has 1 fully saturated rings. The molecule has 5 nitrogen and oxygen atoms in total. The summed E-state index contributed by atoms with van der Waals surface area (Å²) in [4.78, 5) is 35.4. The zero-order valence-electron chi connectivity index (χ0n) is 20.4. The van der Waals surface area contributed by atoms with Gasteiger partial charge in [0.25, 0.3) is 5.78 Å². The maximum atomic E-state index is 12.2. The van der Waals surface area contributed by atoms with Gasteiger partial charge in [-0.15, -0.1) is 0 Å². The summed E-state index contributed by atoms with van der Waals surface area (Å²) in [5.41, 5.74) is 0.272. The molecular formula is C23H47NO4. The number of amides is 1. The van der Waals surface area contributed by atoms with Gasteiger partial charge < -0.3 is 10.1 Å². The molecule has 1 aliphatic rings. The summed E-state index contributed by atoms with van der Waals surface area (Å²) in [6.07, 6.45) is 3.74. The van der Waals surface area contributed by atoms with Crippen LogP contribution in [0.1, 0.15) is 102 Å². The first-order chi connectivity index (χ1) is 13.2. The van der Waals surface area contributed by atoms with Crippen LogP contribution in [0.2, 0.25) is 0 Å². The second-order valence-corrected chi connectivity index (χ2v) is 7.23. The van der Waals surface area contributed by atoms with Crippen LogP contribution < -0.4 is 5.32 Å². The predicted molar refractivity (Wildman–Crippen MR) is 118 cm³/mol. The molecule has 1 atom stereocenters. The number of rotatable bonds is 5. The molecular weight excluding hydrogens is 354 g/mol. The minimum Gasteiger partial charge on any atom is -0.460 e. The second kappa shape index (κ2) is 17.7. The number of carbonyl (C=O) groups excluding carboxylic acids is 3. The van der Waals surface area contributed by atoms with Crippen molar-refractivity contribution in [1.82, 2.24) is 5.32 Å². The van der Waals surface area contributed by atoms with Crippen LogP contribution in [-0.2, 0) is 19.1 Å². The van der Waals surface area contributed by atoms with Gasteiger partial charge in [0.05, 0.1) is 12.6 Å². The zero-order valence-corrected chi connectivity index (χ0v) is 20.4. The number of hydrogen-bond acceptors (Lipinski definition) is 4. The molecule has 1 aliphatic carbocycles. The van der Waals surface area contributed by atoms with E-state index in [1.54, 1.807) is 6.92 Å². The average molecular weight is 402 g/mol. The third kappa shape index (κ3) is 12.1. The first-order valence-electron chi connectivity index (χ1n) is 11.2. The van der Waals surface area contributed by atoms with Gasteiger partial charge in [0.15, 0.2) is 0 Å². The molecule has 1 N–H and O–H groups in total. The summed E-state index contributed by atoms with van der Waals surface area (Å²) in [5.74, 6) is -1.13. The molecule has 0 aromatic carbocycles. The van der Waals surface area contributed by atoms with Crippen LogP contribution >= 0.6 is 0 Å². The van der Waals surface area contributed by atoms with Gasteiger partial charge in [-0.1, -0.05) is 62.3 Å². The third-order valence-corrected chi connectivity index (χ3v) is 4.55. The molecule has 0 bridgehead atoms. The zero-order chi connectivity index (χ0) is 22.9. The minimum atomic E-state index is -0.883. The maximum absolute atomic E-state index is 12.2. The van der Waals surface area contributed by atoms with Crippen molar-refractivity contribution >= 4 is 17.7 Å². The molecule has 1 unspecified atom stereocenters. The highest BCUT2D eigenvalue weighted by atomic mass is 16.5. The van der Waals surface area contributed by atoms with Gasteiger partial charge in [-0.25, -0.2) is 4.79 Å². The van der Waals surface area contributed by atoms with Crippen LogP contribution in [0.4, 0.5) is 0 Å². The molecule has 0 aromatic heterocycles. The molecule has 1 amide bonds. The summed E-state index contributed by atoms with van der Waals surface area (Å²) in [7, 11) is 0. The predicted octanol–water partition coefficient (Wildman–Crippen LogP) is 5.55. The van der Waals surface area contributed by atoms with E-state index in [9.17, 15) is 14.4 Å². The largest absolute Gasteiger partial charge is 0.460 e.